The van der Waals surface area contributed by atoms with Crippen molar-refractivity contribution in [1.29, 1.82) is 0 Å². The summed E-state index contributed by atoms with van der Waals surface area (Å²) in [5.74, 6) is 0. The number of non-ortho nitro benzene ring substituents is 1. The van der Waals surface area contributed by atoms with Gasteiger partial charge in [0.15, 0.2) is 0 Å². The van der Waals surface area contributed by atoms with Crippen LogP contribution in [0, 0.1) is 10.1 Å². The van der Waals surface area contributed by atoms with Gasteiger partial charge >= 0.3 is 0 Å². The number of rotatable bonds is 5. The van der Waals surface area contributed by atoms with E-state index in [0.717, 1.165) is 0 Å². The van der Waals surface area contributed by atoms with Gasteiger partial charge in [-0.1, -0.05) is 23.2 Å². The molecule has 1 N–H and O–H groups in total. The number of nitrogens with one attached hydrogen (secondary N) is 1. The van der Waals surface area contributed by atoms with Crippen LogP contribution >= 0.6 is 23.2 Å². The highest BCUT2D eigenvalue weighted by Gasteiger charge is 2.16. The van der Waals surface area contributed by atoms with E-state index in [1.165, 1.54) is 12.1 Å². The SMILES string of the molecule is CC(Cn1cccn1)Nc1c(Cl)cc([N+](=O)[O-])cc1Cl. The fourth-order valence-corrected chi connectivity index (χ4v) is 2.37. The molecule has 0 spiro atoms. The van der Waals surface area contributed by atoms with Crippen LogP contribution in [0.25, 0.3) is 0 Å². The molecule has 0 aliphatic heterocycles. The second kappa shape index (κ2) is 6.11. The van der Waals surface area contributed by atoms with E-state index in [2.05, 4.69) is 10.4 Å². The highest BCUT2D eigenvalue weighted by atomic mass is 35.5. The molecule has 0 saturated heterocycles. The van der Waals surface area contributed by atoms with Gasteiger partial charge in [0, 0.05) is 30.6 Å². The van der Waals surface area contributed by atoms with Crippen LogP contribution in [-0.4, -0.2) is 20.7 Å². The number of nitrogens with zero attached hydrogens (tertiary/aromatic N) is 3. The topological polar surface area (TPSA) is 73.0 Å². The fraction of sp³-hybridized carbons (Fsp3) is 0.250. The lowest BCUT2D eigenvalue weighted by atomic mass is 10.2. The normalized spacial score (nSPS) is 12.2. The van der Waals surface area contributed by atoms with E-state index in [4.69, 9.17) is 23.2 Å². The van der Waals surface area contributed by atoms with E-state index >= 15 is 0 Å². The van der Waals surface area contributed by atoms with Crippen LogP contribution < -0.4 is 5.32 Å². The Labute approximate surface area is 125 Å². The Kier molecular flexibility index (Phi) is 4.46. The van der Waals surface area contributed by atoms with Gasteiger partial charge in [0.25, 0.3) is 5.69 Å². The third-order valence-electron chi connectivity index (χ3n) is 2.65. The lowest BCUT2D eigenvalue weighted by Gasteiger charge is -2.17. The zero-order chi connectivity index (χ0) is 14.7. The second-order valence-corrected chi connectivity index (χ2v) is 5.13. The molecule has 20 heavy (non-hydrogen) atoms. The van der Waals surface area contributed by atoms with E-state index in [9.17, 15) is 10.1 Å². The Morgan fingerprint density at radius 2 is 2.10 bits per heavy atom. The summed E-state index contributed by atoms with van der Waals surface area (Å²) in [6.07, 6.45) is 3.54. The molecule has 1 atom stereocenters. The first kappa shape index (κ1) is 14.6. The molecule has 1 unspecified atom stereocenters. The van der Waals surface area contributed by atoms with Crippen LogP contribution in [0.3, 0.4) is 0 Å². The molecule has 2 rings (SSSR count). The van der Waals surface area contributed by atoms with Crippen molar-refractivity contribution in [3.63, 3.8) is 0 Å². The van der Waals surface area contributed by atoms with Gasteiger partial charge in [-0.2, -0.15) is 5.10 Å². The maximum atomic E-state index is 10.7. The summed E-state index contributed by atoms with van der Waals surface area (Å²) in [7, 11) is 0. The molecule has 0 aliphatic carbocycles. The molecule has 1 aromatic heterocycles. The highest BCUT2D eigenvalue weighted by molar-refractivity contribution is 6.39. The Morgan fingerprint density at radius 3 is 2.60 bits per heavy atom. The first-order valence-corrected chi connectivity index (χ1v) is 6.60. The average Bonchev–Trinajstić information content (AvgIpc) is 2.86. The average molecular weight is 315 g/mol. The van der Waals surface area contributed by atoms with Gasteiger partial charge < -0.3 is 5.32 Å². The lowest BCUT2D eigenvalue weighted by Crippen LogP contribution is -2.22. The highest BCUT2D eigenvalue weighted by Crippen LogP contribution is 2.35. The number of anilines is 1. The molecular formula is C12H12Cl2N4O2. The van der Waals surface area contributed by atoms with E-state index in [1.54, 1.807) is 10.9 Å². The minimum atomic E-state index is -0.533. The summed E-state index contributed by atoms with van der Waals surface area (Å²) < 4.78 is 1.77. The quantitative estimate of drug-likeness (QED) is 0.676. The number of nitro benzene ring substituents is 1. The van der Waals surface area contributed by atoms with Gasteiger partial charge in [0.1, 0.15) is 0 Å². The number of nitro groups is 1. The minimum Gasteiger partial charge on any atom is -0.378 e. The molecular weight excluding hydrogens is 303 g/mol. The van der Waals surface area contributed by atoms with Gasteiger partial charge in [-0.15, -0.1) is 0 Å². The van der Waals surface area contributed by atoms with Crippen LogP contribution in [0.15, 0.2) is 30.6 Å². The smallest absolute Gasteiger partial charge is 0.272 e. The van der Waals surface area contributed by atoms with Gasteiger partial charge in [-0.25, -0.2) is 0 Å². The maximum Gasteiger partial charge on any atom is 0.272 e. The van der Waals surface area contributed by atoms with Crippen LogP contribution in [0.2, 0.25) is 10.0 Å². The summed E-state index contributed by atoms with van der Waals surface area (Å²) in [4.78, 5) is 10.2. The molecule has 106 valence electrons. The summed E-state index contributed by atoms with van der Waals surface area (Å²) in [6.45, 7) is 2.56. The predicted octanol–water partition coefficient (Wildman–Crippen LogP) is 3.60. The summed E-state index contributed by atoms with van der Waals surface area (Å²) in [5, 5.41) is 18.4. The number of aromatic nitrogens is 2. The van der Waals surface area contributed by atoms with Crippen LogP contribution in [0.5, 0.6) is 0 Å². The van der Waals surface area contributed by atoms with Crippen LogP contribution in [0.4, 0.5) is 11.4 Å². The first-order chi connectivity index (χ1) is 9.47. The molecule has 6 nitrogen and oxygen atoms in total. The minimum absolute atomic E-state index is 0.00589. The molecule has 0 radical (unpaired) electrons. The molecule has 1 aromatic carbocycles. The zero-order valence-corrected chi connectivity index (χ0v) is 12.1. The van der Waals surface area contributed by atoms with Crippen LogP contribution in [0.1, 0.15) is 6.92 Å². The predicted molar refractivity (Wildman–Crippen MR) is 78.4 cm³/mol. The van der Waals surface area contributed by atoms with Crippen molar-refractivity contribution >= 4 is 34.6 Å². The third kappa shape index (κ3) is 3.40. The Balaban J connectivity index is 2.14. The number of halogens is 2. The van der Waals surface area contributed by atoms with Gasteiger partial charge in [0.05, 0.1) is 27.2 Å². The van der Waals surface area contributed by atoms with E-state index in [0.29, 0.717) is 12.2 Å². The van der Waals surface area contributed by atoms with Crippen molar-refractivity contribution in [2.24, 2.45) is 0 Å². The number of hydrogen-bond acceptors (Lipinski definition) is 4. The van der Waals surface area contributed by atoms with Gasteiger partial charge in [0.2, 0.25) is 0 Å². The van der Waals surface area contributed by atoms with Gasteiger partial charge in [-0.05, 0) is 13.0 Å². The second-order valence-electron chi connectivity index (χ2n) is 4.32. The Morgan fingerprint density at radius 1 is 1.45 bits per heavy atom. The number of benzene rings is 1. The molecule has 1 heterocycles. The summed E-state index contributed by atoms with van der Waals surface area (Å²) in [6, 6.07) is 4.39. The maximum absolute atomic E-state index is 10.7. The summed E-state index contributed by atoms with van der Waals surface area (Å²) in [5.41, 5.74) is 0.351. The molecule has 0 saturated carbocycles. The Hall–Kier alpha value is -1.79. The van der Waals surface area contributed by atoms with Crippen molar-refractivity contribution in [2.45, 2.75) is 19.5 Å². The monoisotopic (exact) mass is 314 g/mol. The van der Waals surface area contributed by atoms with Crippen molar-refractivity contribution < 1.29 is 4.92 Å². The Bertz CT molecular complexity index is 593. The molecule has 2 aromatic rings. The van der Waals surface area contributed by atoms with Crippen molar-refractivity contribution in [3.05, 3.63) is 50.8 Å². The standard InChI is InChI=1S/C12H12Cl2N4O2/c1-8(7-17-4-2-3-15-17)16-12-10(13)5-9(18(19)20)6-11(12)14/h2-6,8,16H,7H2,1H3. The molecule has 8 heteroatoms. The molecule has 0 amide bonds. The van der Waals surface area contributed by atoms with E-state index in [-0.39, 0.29) is 21.8 Å². The largest absolute Gasteiger partial charge is 0.378 e. The molecule has 0 aliphatic rings. The van der Waals surface area contributed by atoms with Crippen molar-refractivity contribution in [2.75, 3.05) is 5.32 Å². The van der Waals surface area contributed by atoms with E-state index in [1.807, 2.05) is 19.2 Å². The third-order valence-corrected chi connectivity index (χ3v) is 3.24. The van der Waals surface area contributed by atoms with Gasteiger partial charge in [-0.3, -0.25) is 14.8 Å². The van der Waals surface area contributed by atoms with Crippen molar-refractivity contribution in [1.82, 2.24) is 9.78 Å². The fourth-order valence-electron chi connectivity index (χ4n) is 1.78. The number of hydrogen-bond donors (Lipinski definition) is 1. The zero-order valence-electron chi connectivity index (χ0n) is 10.6. The lowest BCUT2D eigenvalue weighted by molar-refractivity contribution is -0.384. The van der Waals surface area contributed by atoms with Crippen LogP contribution in [-0.2, 0) is 6.54 Å². The molecule has 0 fully saturated rings. The first-order valence-electron chi connectivity index (χ1n) is 5.84. The van der Waals surface area contributed by atoms with E-state index < -0.39 is 4.92 Å². The van der Waals surface area contributed by atoms with Crippen molar-refractivity contribution in [3.8, 4) is 0 Å². The summed E-state index contributed by atoms with van der Waals surface area (Å²) >= 11 is 12.1. The molecule has 0 bridgehead atoms.